The molecule has 1 aliphatic heterocycles. The topological polar surface area (TPSA) is 68.2 Å². The van der Waals surface area contributed by atoms with Gasteiger partial charge in [0.15, 0.2) is 5.69 Å². The summed E-state index contributed by atoms with van der Waals surface area (Å²) in [7, 11) is 0. The Kier molecular flexibility index (Phi) is 5.32. The van der Waals surface area contributed by atoms with Crippen molar-refractivity contribution in [1.29, 1.82) is 0 Å². The second-order valence-corrected chi connectivity index (χ2v) is 8.43. The Morgan fingerprint density at radius 3 is 2.79 bits per heavy atom. The molecular weight excluding hydrogens is 392 g/mol. The van der Waals surface area contributed by atoms with E-state index >= 15 is 0 Å². The third kappa shape index (κ3) is 3.27. The summed E-state index contributed by atoms with van der Waals surface area (Å²) in [6.45, 7) is 5.92. The van der Waals surface area contributed by atoms with Crippen molar-refractivity contribution in [3.63, 3.8) is 0 Å². The average Bonchev–Trinajstić information content (AvgIpc) is 3.07. The van der Waals surface area contributed by atoms with Gasteiger partial charge >= 0.3 is 0 Å². The van der Waals surface area contributed by atoms with Gasteiger partial charge in [0.25, 0.3) is 0 Å². The molecule has 0 radical (unpaired) electrons. The molecule has 0 saturated carbocycles. The molecule has 3 aromatic rings. The maximum absolute atomic E-state index is 13.0. The lowest BCUT2D eigenvalue weighted by molar-refractivity contribution is -0.120. The highest BCUT2D eigenvalue weighted by molar-refractivity contribution is 7.99. The number of thioether (sulfide) groups is 1. The number of rotatable bonds is 4. The van der Waals surface area contributed by atoms with Gasteiger partial charge in [-0.15, -0.1) is 21.5 Å². The van der Waals surface area contributed by atoms with Gasteiger partial charge in [0.2, 0.25) is 23.2 Å². The van der Waals surface area contributed by atoms with Crippen molar-refractivity contribution in [3.05, 3.63) is 46.2 Å². The Balaban J connectivity index is 1.96. The van der Waals surface area contributed by atoms with Crippen LogP contribution in [0.25, 0.3) is 11.3 Å². The number of nitrogens with zero attached hydrogens (tertiary/aromatic N) is 4. The average molecular weight is 413 g/mol. The number of thiophene rings is 1. The van der Waals surface area contributed by atoms with Gasteiger partial charge in [-0.25, -0.2) is 0 Å². The molecular formula is C20H20N4O2S2. The summed E-state index contributed by atoms with van der Waals surface area (Å²) in [5.74, 6) is 1.22. The predicted molar refractivity (Wildman–Crippen MR) is 112 cm³/mol. The Morgan fingerprint density at radius 2 is 2.07 bits per heavy atom. The molecule has 8 heteroatoms. The molecule has 0 spiro atoms. The lowest BCUT2D eigenvalue weighted by Crippen LogP contribution is -2.37. The van der Waals surface area contributed by atoms with Crippen molar-refractivity contribution in [2.24, 2.45) is 0 Å². The molecule has 28 heavy (non-hydrogen) atoms. The van der Waals surface area contributed by atoms with E-state index in [-0.39, 0.29) is 5.91 Å². The molecule has 0 aliphatic carbocycles. The molecule has 4 rings (SSSR count). The zero-order chi connectivity index (χ0) is 19.7. The normalized spacial score (nSPS) is 15.4. The molecule has 1 aliphatic rings. The van der Waals surface area contributed by atoms with E-state index in [1.54, 1.807) is 16.2 Å². The lowest BCUT2D eigenvalue weighted by Gasteiger charge is -2.30. The Morgan fingerprint density at radius 1 is 1.25 bits per heavy atom. The number of aromatic nitrogens is 3. The van der Waals surface area contributed by atoms with Gasteiger partial charge in [-0.05, 0) is 35.8 Å². The minimum absolute atomic E-state index is 0.0193. The standard InChI is InChI=1S/C20H20N4O2S2/c1-4-15(25)24-14-9-7-6-8-13(14)16-18(21-20(23-22-16)27-5-2)26-19(24)17-12(3)10-11-28-17/h6-11,19H,4-5H2,1-3H3. The number of amides is 1. The number of para-hydroxylation sites is 1. The van der Waals surface area contributed by atoms with Crippen LogP contribution in [0.3, 0.4) is 0 Å². The second-order valence-electron chi connectivity index (χ2n) is 6.25. The van der Waals surface area contributed by atoms with Crippen LogP contribution in [0.5, 0.6) is 5.88 Å². The van der Waals surface area contributed by atoms with Gasteiger partial charge < -0.3 is 4.74 Å². The minimum Gasteiger partial charge on any atom is -0.446 e. The Hall–Kier alpha value is -2.45. The van der Waals surface area contributed by atoms with Crippen molar-refractivity contribution in [2.45, 2.75) is 38.6 Å². The Labute approximate surface area is 172 Å². The van der Waals surface area contributed by atoms with Crippen LogP contribution in [-0.4, -0.2) is 26.8 Å². The van der Waals surface area contributed by atoms with Crippen LogP contribution in [-0.2, 0) is 4.79 Å². The molecule has 2 aromatic heterocycles. The largest absolute Gasteiger partial charge is 0.446 e. The third-order valence-corrected chi connectivity index (χ3v) is 6.25. The number of carbonyl (C=O) groups excluding carboxylic acids is 1. The first-order chi connectivity index (χ1) is 13.6. The van der Waals surface area contributed by atoms with E-state index in [2.05, 4.69) is 15.2 Å². The van der Waals surface area contributed by atoms with Crippen LogP contribution in [0.2, 0.25) is 0 Å². The molecule has 6 nitrogen and oxygen atoms in total. The molecule has 0 fully saturated rings. The maximum Gasteiger partial charge on any atom is 0.247 e. The molecule has 0 N–H and O–H groups in total. The number of hydrogen-bond acceptors (Lipinski definition) is 7. The highest BCUT2D eigenvalue weighted by Crippen LogP contribution is 2.44. The van der Waals surface area contributed by atoms with Crippen molar-refractivity contribution < 1.29 is 9.53 Å². The summed E-state index contributed by atoms with van der Waals surface area (Å²) in [6.07, 6.45) is -0.226. The minimum atomic E-state index is -0.592. The summed E-state index contributed by atoms with van der Waals surface area (Å²) in [4.78, 5) is 20.3. The molecule has 1 amide bonds. The van der Waals surface area contributed by atoms with Crippen LogP contribution < -0.4 is 9.64 Å². The fourth-order valence-corrected chi connectivity index (χ4v) is 4.60. The zero-order valence-corrected chi connectivity index (χ0v) is 17.5. The van der Waals surface area contributed by atoms with E-state index in [1.807, 2.05) is 56.5 Å². The molecule has 0 bridgehead atoms. The highest BCUT2D eigenvalue weighted by Gasteiger charge is 2.36. The summed E-state index contributed by atoms with van der Waals surface area (Å²) in [5, 5.41) is 11.2. The highest BCUT2D eigenvalue weighted by atomic mass is 32.2. The molecule has 1 atom stereocenters. The van der Waals surface area contributed by atoms with E-state index in [4.69, 9.17) is 4.74 Å². The summed E-state index contributed by atoms with van der Waals surface area (Å²) < 4.78 is 6.38. The van der Waals surface area contributed by atoms with Gasteiger partial charge in [-0.3, -0.25) is 9.69 Å². The van der Waals surface area contributed by atoms with Crippen LogP contribution in [0, 0.1) is 6.92 Å². The number of ether oxygens (including phenoxy) is 1. The van der Waals surface area contributed by atoms with Crippen molar-refractivity contribution in [1.82, 2.24) is 15.2 Å². The molecule has 3 heterocycles. The zero-order valence-electron chi connectivity index (χ0n) is 15.9. The van der Waals surface area contributed by atoms with Gasteiger partial charge in [-0.1, -0.05) is 43.8 Å². The molecule has 144 valence electrons. The predicted octanol–water partition coefficient (Wildman–Crippen LogP) is 4.85. The first-order valence-corrected chi connectivity index (χ1v) is 11.0. The van der Waals surface area contributed by atoms with Crippen LogP contribution in [0.4, 0.5) is 5.69 Å². The fraction of sp³-hybridized carbons (Fsp3) is 0.300. The monoisotopic (exact) mass is 412 g/mol. The third-order valence-electron chi connectivity index (χ3n) is 4.48. The Bertz CT molecular complexity index is 1020. The van der Waals surface area contributed by atoms with Gasteiger partial charge in [0.1, 0.15) is 0 Å². The maximum atomic E-state index is 13.0. The summed E-state index contributed by atoms with van der Waals surface area (Å²) >= 11 is 3.08. The first-order valence-electron chi connectivity index (χ1n) is 9.13. The van der Waals surface area contributed by atoms with Crippen LogP contribution in [0.15, 0.2) is 40.9 Å². The van der Waals surface area contributed by atoms with E-state index < -0.39 is 6.23 Å². The van der Waals surface area contributed by atoms with Crippen LogP contribution in [0.1, 0.15) is 36.9 Å². The van der Waals surface area contributed by atoms with Gasteiger partial charge in [0.05, 0.1) is 10.6 Å². The number of hydrogen-bond donors (Lipinski definition) is 0. The fourth-order valence-electron chi connectivity index (χ4n) is 3.15. The van der Waals surface area contributed by atoms with E-state index in [9.17, 15) is 4.79 Å². The van der Waals surface area contributed by atoms with E-state index in [0.29, 0.717) is 23.2 Å². The van der Waals surface area contributed by atoms with E-state index in [1.165, 1.54) is 11.8 Å². The lowest BCUT2D eigenvalue weighted by atomic mass is 10.1. The molecule has 1 aromatic carbocycles. The number of fused-ring (bicyclic) bond motifs is 3. The number of carbonyl (C=O) groups is 1. The van der Waals surface area contributed by atoms with Crippen molar-refractivity contribution in [3.8, 4) is 17.1 Å². The van der Waals surface area contributed by atoms with Crippen molar-refractivity contribution in [2.75, 3.05) is 10.7 Å². The van der Waals surface area contributed by atoms with E-state index in [0.717, 1.165) is 27.4 Å². The van der Waals surface area contributed by atoms with Gasteiger partial charge in [-0.2, -0.15) is 4.98 Å². The van der Waals surface area contributed by atoms with Crippen molar-refractivity contribution >= 4 is 34.7 Å². The number of benzene rings is 1. The summed E-state index contributed by atoms with van der Waals surface area (Å²) in [5.41, 5.74) is 3.19. The van der Waals surface area contributed by atoms with Gasteiger partial charge in [0, 0.05) is 12.0 Å². The summed E-state index contributed by atoms with van der Waals surface area (Å²) in [6, 6.07) is 9.73. The molecule has 0 saturated heterocycles. The van der Waals surface area contributed by atoms with Crippen LogP contribution >= 0.6 is 23.1 Å². The SMILES string of the molecule is CCSc1nnc2c(n1)OC(c1sccc1C)N(C(=O)CC)c1ccccc1-2. The smallest absolute Gasteiger partial charge is 0.247 e. The number of anilines is 1. The first kappa shape index (κ1) is 18.9. The molecule has 1 unspecified atom stereocenters. The number of aryl methyl sites for hydroxylation is 1. The second kappa shape index (κ2) is 7.89. The quantitative estimate of drug-likeness (QED) is 0.570.